The molecule has 0 aliphatic heterocycles. The molecule has 1 aromatic rings. The second-order valence-corrected chi connectivity index (χ2v) is 2.70. The number of rotatable bonds is 3. The van der Waals surface area contributed by atoms with E-state index in [0.717, 1.165) is 0 Å². The van der Waals surface area contributed by atoms with Crippen molar-refractivity contribution in [3.63, 3.8) is 0 Å². The number of hydrogen-bond acceptors (Lipinski definition) is 6. The van der Waals surface area contributed by atoms with Crippen LogP contribution in [0.3, 0.4) is 0 Å². The van der Waals surface area contributed by atoms with Gasteiger partial charge in [0, 0.05) is 12.5 Å². The summed E-state index contributed by atoms with van der Waals surface area (Å²) in [5.74, 6) is 0.0199. The summed E-state index contributed by atoms with van der Waals surface area (Å²) in [7, 11) is 1.32. The highest BCUT2D eigenvalue weighted by molar-refractivity contribution is 7.99. The third-order valence-electron chi connectivity index (χ3n) is 1.32. The van der Waals surface area contributed by atoms with Gasteiger partial charge in [0.1, 0.15) is 11.9 Å². The van der Waals surface area contributed by atoms with E-state index < -0.39 is 5.97 Å². The van der Waals surface area contributed by atoms with Crippen molar-refractivity contribution in [1.29, 1.82) is 0 Å². The van der Waals surface area contributed by atoms with Gasteiger partial charge in [-0.15, -0.1) is 0 Å². The van der Waals surface area contributed by atoms with Crippen LogP contribution in [0.2, 0.25) is 0 Å². The van der Waals surface area contributed by atoms with E-state index in [4.69, 9.17) is 0 Å². The van der Waals surface area contributed by atoms with Gasteiger partial charge < -0.3 is 9.46 Å². The van der Waals surface area contributed by atoms with Gasteiger partial charge in [-0.1, -0.05) is 11.9 Å². The third kappa shape index (κ3) is 2.32. The highest BCUT2D eigenvalue weighted by atomic mass is 32.2. The lowest BCUT2D eigenvalue weighted by Gasteiger charge is -2.05. The Balaban J connectivity index is 2.97. The number of aromatic nitrogens is 2. The van der Waals surface area contributed by atoms with E-state index in [1.165, 1.54) is 31.6 Å². The predicted octanol–water partition coefficient (Wildman–Crippen LogP) is 0.953. The molecule has 0 radical (unpaired) electrons. The molecule has 1 N–H and O–H groups in total. The van der Waals surface area contributed by atoms with Crippen LogP contribution in [0.4, 0.5) is 5.82 Å². The first kappa shape index (κ1) is 9.79. The fourth-order valence-electron chi connectivity index (χ4n) is 0.767. The van der Waals surface area contributed by atoms with Crippen LogP contribution < -0.4 is 4.72 Å². The molecule has 13 heavy (non-hydrogen) atoms. The zero-order valence-electron chi connectivity index (χ0n) is 7.27. The van der Waals surface area contributed by atoms with Crippen molar-refractivity contribution in [2.75, 3.05) is 18.1 Å². The first-order valence-corrected chi connectivity index (χ1v) is 4.69. The standard InChI is InChI=1S/C7H9N3O2S/c1-12-7(11)5-3-8-4-9-6(5)10-13-2/h3-4H,1-2H3,(H,8,9,10). The maximum atomic E-state index is 11.2. The molecule has 0 aromatic carbocycles. The lowest BCUT2D eigenvalue weighted by Crippen LogP contribution is -2.06. The predicted molar refractivity (Wildman–Crippen MR) is 50.5 cm³/mol. The lowest BCUT2D eigenvalue weighted by atomic mass is 10.3. The summed E-state index contributed by atoms with van der Waals surface area (Å²) in [5.41, 5.74) is 0.333. The molecule has 1 rings (SSSR count). The first-order chi connectivity index (χ1) is 6.29. The van der Waals surface area contributed by atoms with E-state index in [1.807, 2.05) is 6.26 Å². The van der Waals surface area contributed by atoms with Crippen molar-refractivity contribution in [1.82, 2.24) is 9.97 Å². The Morgan fingerprint density at radius 3 is 3.08 bits per heavy atom. The molecule has 0 spiro atoms. The third-order valence-corrected chi connectivity index (χ3v) is 1.71. The summed E-state index contributed by atoms with van der Waals surface area (Å²) in [4.78, 5) is 18.8. The minimum absolute atomic E-state index is 0.333. The molecule has 1 heterocycles. The number of anilines is 1. The van der Waals surface area contributed by atoms with Crippen LogP contribution in [0.25, 0.3) is 0 Å². The number of carbonyl (C=O) groups excluding carboxylic acids is 1. The summed E-state index contributed by atoms with van der Waals surface area (Å²) in [6, 6.07) is 0. The van der Waals surface area contributed by atoms with E-state index in [0.29, 0.717) is 11.4 Å². The highest BCUT2D eigenvalue weighted by Gasteiger charge is 2.12. The molecule has 0 saturated heterocycles. The topological polar surface area (TPSA) is 64.1 Å². The van der Waals surface area contributed by atoms with E-state index >= 15 is 0 Å². The van der Waals surface area contributed by atoms with Crippen LogP contribution in [0, 0.1) is 0 Å². The van der Waals surface area contributed by atoms with Crippen LogP contribution >= 0.6 is 11.9 Å². The highest BCUT2D eigenvalue weighted by Crippen LogP contribution is 2.13. The van der Waals surface area contributed by atoms with Gasteiger partial charge in [-0.3, -0.25) is 0 Å². The normalized spacial score (nSPS) is 9.38. The van der Waals surface area contributed by atoms with Crippen molar-refractivity contribution < 1.29 is 9.53 Å². The Kier molecular flexibility index (Phi) is 3.51. The molecular weight excluding hydrogens is 190 g/mol. The summed E-state index contributed by atoms with van der Waals surface area (Å²) in [5, 5.41) is 0. The Morgan fingerprint density at radius 2 is 2.46 bits per heavy atom. The summed E-state index contributed by atoms with van der Waals surface area (Å²) in [6.07, 6.45) is 4.62. The van der Waals surface area contributed by atoms with Crippen molar-refractivity contribution in [3.05, 3.63) is 18.1 Å². The van der Waals surface area contributed by atoms with Gasteiger partial charge in [0.2, 0.25) is 0 Å². The maximum Gasteiger partial charge on any atom is 0.343 e. The number of nitrogens with zero attached hydrogens (tertiary/aromatic N) is 2. The molecule has 0 saturated carbocycles. The molecule has 0 aliphatic carbocycles. The molecule has 0 amide bonds. The SMILES string of the molecule is COC(=O)c1cncnc1NSC. The van der Waals surface area contributed by atoms with E-state index in [-0.39, 0.29) is 0 Å². The van der Waals surface area contributed by atoms with E-state index in [9.17, 15) is 4.79 Å². The van der Waals surface area contributed by atoms with Crippen LogP contribution in [0.1, 0.15) is 10.4 Å². The molecule has 6 heteroatoms. The minimum atomic E-state index is -0.447. The van der Waals surface area contributed by atoms with E-state index in [2.05, 4.69) is 19.4 Å². The Bertz CT molecular complexity index is 306. The van der Waals surface area contributed by atoms with Gasteiger partial charge in [0.05, 0.1) is 7.11 Å². The van der Waals surface area contributed by atoms with Gasteiger partial charge in [0.15, 0.2) is 5.82 Å². The molecule has 0 fully saturated rings. The summed E-state index contributed by atoms with van der Waals surface area (Å²) < 4.78 is 7.41. The van der Waals surface area contributed by atoms with Crippen LogP contribution in [-0.2, 0) is 4.74 Å². The fraction of sp³-hybridized carbons (Fsp3) is 0.286. The molecule has 0 aliphatic rings. The second kappa shape index (κ2) is 4.66. The van der Waals surface area contributed by atoms with Gasteiger partial charge in [-0.25, -0.2) is 14.8 Å². The monoisotopic (exact) mass is 199 g/mol. The smallest absolute Gasteiger partial charge is 0.343 e. The number of hydrogen-bond donors (Lipinski definition) is 1. The molecule has 5 nitrogen and oxygen atoms in total. The van der Waals surface area contributed by atoms with Crippen molar-refractivity contribution in [2.24, 2.45) is 0 Å². The molecule has 70 valence electrons. The number of ether oxygens (including phenoxy) is 1. The molecule has 0 unspecified atom stereocenters. The number of methoxy groups -OCH3 is 1. The van der Waals surface area contributed by atoms with Crippen LogP contribution in [0.5, 0.6) is 0 Å². The van der Waals surface area contributed by atoms with Crippen molar-refractivity contribution >= 4 is 23.7 Å². The van der Waals surface area contributed by atoms with Gasteiger partial charge in [-0.2, -0.15) is 0 Å². The number of esters is 1. The van der Waals surface area contributed by atoms with E-state index in [1.54, 1.807) is 0 Å². The maximum absolute atomic E-state index is 11.2. The second-order valence-electron chi connectivity index (χ2n) is 2.08. The lowest BCUT2D eigenvalue weighted by molar-refractivity contribution is 0.0601. The molecule has 1 aromatic heterocycles. The van der Waals surface area contributed by atoms with Gasteiger partial charge in [0.25, 0.3) is 0 Å². The number of carbonyl (C=O) groups is 1. The summed E-state index contributed by atoms with van der Waals surface area (Å²) >= 11 is 1.35. The molecule has 0 bridgehead atoms. The number of nitrogens with one attached hydrogen (secondary N) is 1. The van der Waals surface area contributed by atoms with Gasteiger partial charge in [-0.05, 0) is 0 Å². The summed E-state index contributed by atoms with van der Waals surface area (Å²) in [6.45, 7) is 0. The van der Waals surface area contributed by atoms with Crippen LogP contribution in [0.15, 0.2) is 12.5 Å². The van der Waals surface area contributed by atoms with Gasteiger partial charge >= 0.3 is 5.97 Å². The van der Waals surface area contributed by atoms with Crippen molar-refractivity contribution in [3.8, 4) is 0 Å². The zero-order valence-corrected chi connectivity index (χ0v) is 8.09. The molecule has 0 atom stereocenters. The fourth-order valence-corrected chi connectivity index (χ4v) is 1.12. The Hall–Kier alpha value is -1.30. The Labute approximate surface area is 80.0 Å². The van der Waals surface area contributed by atoms with Crippen molar-refractivity contribution in [2.45, 2.75) is 0 Å². The first-order valence-electron chi connectivity index (χ1n) is 3.47. The average molecular weight is 199 g/mol. The zero-order chi connectivity index (χ0) is 9.68. The quantitative estimate of drug-likeness (QED) is 0.577. The minimum Gasteiger partial charge on any atom is -0.465 e. The average Bonchev–Trinajstić information content (AvgIpc) is 2.18. The molecular formula is C7H9N3O2S. The Morgan fingerprint density at radius 1 is 1.69 bits per heavy atom. The largest absolute Gasteiger partial charge is 0.465 e. The van der Waals surface area contributed by atoms with Crippen LogP contribution in [-0.4, -0.2) is 29.3 Å².